The van der Waals surface area contributed by atoms with Gasteiger partial charge in [0.15, 0.2) is 11.6 Å². The van der Waals surface area contributed by atoms with E-state index in [1.54, 1.807) is 34.0 Å². The predicted octanol–water partition coefficient (Wildman–Crippen LogP) is 17.1. The zero-order chi connectivity index (χ0) is 40.2. The Bertz CT molecular complexity index is 1700. The van der Waals surface area contributed by atoms with E-state index in [4.69, 9.17) is 0 Å². The molecule has 56 heavy (non-hydrogen) atoms. The third kappa shape index (κ3) is 10.8. The first-order valence-electron chi connectivity index (χ1n) is 22.8. The summed E-state index contributed by atoms with van der Waals surface area (Å²) in [6.45, 7) is 18.4. The lowest BCUT2D eigenvalue weighted by atomic mass is 9.81. The average molecular weight is 833 g/mol. The van der Waals surface area contributed by atoms with Crippen LogP contribution >= 0.6 is 45.3 Å². The highest BCUT2D eigenvalue weighted by molar-refractivity contribution is 7.26. The van der Waals surface area contributed by atoms with Gasteiger partial charge in [0.05, 0.1) is 20.9 Å². The minimum absolute atomic E-state index is 0.114. The van der Waals surface area contributed by atoms with E-state index >= 15 is 9.59 Å². The molecule has 2 nitrogen and oxygen atoms in total. The van der Waals surface area contributed by atoms with Crippen molar-refractivity contribution in [3.8, 4) is 19.5 Å². The van der Waals surface area contributed by atoms with Crippen molar-refractivity contribution in [2.75, 3.05) is 0 Å². The van der Waals surface area contributed by atoms with Gasteiger partial charge in [-0.05, 0) is 83.4 Å². The lowest BCUT2D eigenvalue weighted by Gasteiger charge is -2.19. The molecule has 6 heteroatoms. The Hall–Kier alpha value is -1.86. The Kier molecular flexibility index (Phi) is 18.2. The topological polar surface area (TPSA) is 34.1 Å². The van der Waals surface area contributed by atoms with Gasteiger partial charge in [0, 0.05) is 30.6 Å². The average Bonchev–Trinajstić information content (AvgIpc) is 4.02. The maximum atomic E-state index is 15.4. The molecule has 4 heterocycles. The lowest BCUT2D eigenvalue weighted by molar-refractivity contribution is 0.0980. The molecule has 0 saturated carbocycles. The van der Waals surface area contributed by atoms with Gasteiger partial charge >= 0.3 is 0 Å². The number of hydrogen-bond acceptors (Lipinski definition) is 6. The summed E-state index contributed by atoms with van der Waals surface area (Å²) in [6, 6.07) is 4.72. The normalized spacial score (nSPS) is 14.9. The Labute approximate surface area is 357 Å². The highest BCUT2D eigenvalue weighted by Gasteiger charge is 2.42. The zero-order valence-electron chi connectivity index (χ0n) is 36.2. The molecule has 0 bridgehead atoms. The molecule has 0 radical (unpaired) electrons. The van der Waals surface area contributed by atoms with Crippen molar-refractivity contribution in [2.24, 2.45) is 23.7 Å². The van der Waals surface area contributed by atoms with E-state index in [1.165, 1.54) is 111 Å². The van der Waals surface area contributed by atoms with Crippen molar-refractivity contribution in [3.05, 3.63) is 66.0 Å². The number of carbonyl (C=O) groups is 2. The van der Waals surface area contributed by atoms with Gasteiger partial charge in [0.2, 0.25) is 0 Å². The third-order valence-corrected chi connectivity index (χ3v) is 17.5. The fourth-order valence-corrected chi connectivity index (χ4v) is 13.9. The second kappa shape index (κ2) is 22.5. The smallest absolute Gasteiger partial charge is 0.197 e. The molecular formula is C50H72O2S4. The fraction of sp³-hybridized carbons (Fsp3) is 0.640. The van der Waals surface area contributed by atoms with Crippen LogP contribution in [0.1, 0.15) is 211 Å². The molecule has 0 saturated heterocycles. The number of unbranched alkanes of at least 4 members (excludes halogenated alkanes) is 4. The summed E-state index contributed by atoms with van der Waals surface area (Å²) < 4.78 is 0. The molecule has 5 rings (SSSR count). The number of rotatable bonds is 26. The number of thiophene rings is 4. The molecule has 4 atom stereocenters. The Morgan fingerprint density at radius 3 is 1.11 bits per heavy atom. The molecular weight excluding hydrogens is 761 g/mol. The first-order chi connectivity index (χ1) is 27.2. The first kappa shape index (κ1) is 45.2. The van der Waals surface area contributed by atoms with Crippen molar-refractivity contribution < 1.29 is 9.59 Å². The minimum atomic E-state index is 0.114. The van der Waals surface area contributed by atoms with Gasteiger partial charge in [-0.15, -0.1) is 45.3 Å². The van der Waals surface area contributed by atoms with Crippen molar-refractivity contribution in [2.45, 2.75) is 184 Å². The van der Waals surface area contributed by atoms with E-state index in [2.05, 4.69) is 78.3 Å². The van der Waals surface area contributed by atoms with E-state index < -0.39 is 0 Å². The van der Waals surface area contributed by atoms with Crippen molar-refractivity contribution >= 4 is 56.9 Å². The van der Waals surface area contributed by atoms with Gasteiger partial charge in [0.1, 0.15) is 0 Å². The van der Waals surface area contributed by atoms with Crippen molar-refractivity contribution in [1.29, 1.82) is 0 Å². The molecule has 1 aliphatic carbocycles. The molecule has 4 aromatic rings. The quantitative estimate of drug-likeness (QED) is 0.0556. The SMILES string of the molecule is CCCCC(CC)Cc1csc(-c2sc(-c3cc(CC(CC)CCCC)cs3)c3c2C(=O)c2c(CC(CC)CCCC)sc(CC(CC)CCCC)c2C3=O)c1. The van der Waals surface area contributed by atoms with Crippen molar-refractivity contribution in [1.82, 2.24) is 0 Å². The summed E-state index contributed by atoms with van der Waals surface area (Å²) >= 11 is 7.09. The minimum Gasteiger partial charge on any atom is -0.288 e. The number of ketones is 2. The second-order valence-electron chi connectivity index (χ2n) is 17.0. The van der Waals surface area contributed by atoms with Crippen LogP contribution in [0.15, 0.2) is 22.9 Å². The van der Waals surface area contributed by atoms with Crippen LogP contribution in [0.5, 0.6) is 0 Å². The van der Waals surface area contributed by atoms with Crippen LogP contribution in [0.3, 0.4) is 0 Å². The van der Waals surface area contributed by atoms with Gasteiger partial charge in [-0.2, -0.15) is 0 Å². The largest absolute Gasteiger partial charge is 0.288 e. The molecule has 0 aromatic carbocycles. The second-order valence-corrected chi connectivity index (χ2v) is 21.0. The summed E-state index contributed by atoms with van der Waals surface area (Å²) in [5.74, 6) is 2.65. The molecule has 0 N–H and O–H groups in total. The summed E-state index contributed by atoms with van der Waals surface area (Å²) in [5.41, 5.74) is 5.68. The number of fused-ring (bicyclic) bond motifs is 2. The van der Waals surface area contributed by atoms with Gasteiger partial charge in [-0.3, -0.25) is 9.59 Å². The zero-order valence-corrected chi connectivity index (χ0v) is 39.5. The first-order valence-corrected chi connectivity index (χ1v) is 26.2. The van der Waals surface area contributed by atoms with E-state index in [9.17, 15) is 0 Å². The number of hydrogen-bond donors (Lipinski definition) is 0. The molecule has 0 spiro atoms. The van der Waals surface area contributed by atoms with Gasteiger partial charge in [-0.25, -0.2) is 0 Å². The Morgan fingerprint density at radius 1 is 0.446 bits per heavy atom. The van der Waals surface area contributed by atoms with Gasteiger partial charge < -0.3 is 0 Å². The van der Waals surface area contributed by atoms with Crippen LogP contribution < -0.4 is 0 Å². The summed E-state index contributed by atoms with van der Waals surface area (Å²) in [5, 5.41) is 4.66. The maximum Gasteiger partial charge on any atom is 0.197 e. The van der Waals surface area contributed by atoms with Crippen LogP contribution in [-0.2, 0) is 25.7 Å². The van der Waals surface area contributed by atoms with E-state index in [1.807, 2.05) is 11.3 Å². The standard InChI is InChI=1S/C50H72O2S4/c1-9-17-21-33(13-5)25-37-29-41(53-31-37)49-45-46(50(56-49)42-30-38(32-54-42)26-34(14-6)22-18-10-2)48(52)44-40(28-36(16-8)24-20-12-4)55-39(43(44)47(45)51)27-35(15-7)23-19-11-3/h29-36H,9-28H2,1-8H3. The summed E-state index contributed by atoms with van der Waals surface area (Å²) in [7, 11) is 0. The predicted molar refractivity (Wildman–Crippen MR) is 250 cm³/mol. The Balaban J connectivity index is 1.65. The highest BCUT2D eigenvalue weighted by Crippen LogP contribution is 2.52. The molecule has 0 amide bonds. The van der Waals surface area contributed by atoms with Gasteiger partial charge in [-0.1, -0.05) is 158 Å². The van der Waals surface area contributed by atoms with Crippen LogP contribution in [0.2, 0.25) is 0 Å². The van der Waals surface area contributed by atoms with E-state index in [0.29, 0.717) is 34.8 Å². The molecule has 1 aliphatic rings. The monoisotopic (exact) mass is 832 g/mol. The van der Waals surface area contributed by atoms with Crippen LogP contribution in [0, 0.1) is 23.7 Å². The van der Waals surface area contributed by atoms with Crippen LogP contribution in [-0.4, -0.2) is 11.6 Å². The molecule has 308 valence electrons. The number of carbonyl (C=O) groups excluding carboxylic acids is 2. The molecule has 4 aromatic heterocycles. The van der Waals surface area contributed by atoms with Crippen LogP contribution in [0.4, 0.5) is 0 Å². The van der Waals surface area contributed by atoms with Gasteiger partial charge in [0.25, 0.3) is 0 Å². The Morgan fingerprint density at radius 2 is 0.786 bits per heavy atom. The van der Waals surface area contributed by atoms with E-state index in [-0.39, 0.29) is 11.6 Å². The lowest BCUT2D eigenvalue weighted by Crippen LogP contribution is -2.22. The van der Waals surface area contributed by atoms with Crippen molar-refractivity contribution in [3.63, 3.8) is 0 Å². The maximum absolute atomic E-state index is 15.4. The molecule has 0 fully saturated rings. The van der Waals surface area contributed by atoms with Crippen LogP contribution in [0.25, 0.3) is 19.5 Å². The fourth-order valence-electron chi connectivity index (χ4n) is 8.93. The third-order valence-electron chi connectivity index (χ3n) is 12.8. The summed E-state index contributed by atoms with van der Waals surface area (Å²) in [4.78, 5) is 37.6. The van der Waals surface area contributed by atoms with E-state index in [0.717, 1.165) is 69.2 Å². The molecule has 0 aliphatic heterocycles. The summed E-state index contributed by atoms with van der Waals surface area (Å²) in [6.07, 6.45) is 23.2. The molecule has 4 unspecified atom stereocenters. The highest BCUT2D eigenvalue weighted by atomic mass is 32.1.